The summed E-state index contributed by atoms with van der Waals surface area (Å²) in [6.07, 6.45) is 4.24. The number of aromatic amines is 1. The zero-order valence-corrected chi connectivity index (χ0v) is 17.5. The molecule has 1 spiro atoms. The predicted octanol–water partition coefficient (Wildman–Crippen LogP) is 2.61. The molecule has 0 saturated carbocycles. The second-order valence-electron chi connectivity index (χ2n) is 8.83. The van der Waals surface area contributed by atoms with Gasteiger partial charge in [0.05, 0.1) is 11.0 Å². The molecule has 4 heterocycles. The van der Waals surface area contributed by atoms with Gasteiger partial charge in [-0.1, -0.05) is 0 Å². The molecular weight excluding hydrogens is 380 g/mol. The number of nitrogens with zero attached hydrogens (tertiary/aromatic N) is 4. The molecule has 156 valence electrons. The maximum Gasteiger partial charge on any atom is 0.272 e. The maximum absolute atomic E-state index is 13.1. The van der Waals surface area contributed by atoms with Crippen molar-refractivity contribution in [1.82, 2.24) is 30.0 Å². The quantitative estimate of drug-likeness (QED) is 0.684. The molecule has 1 aromatic carbocycles. The van der Waals surface area contributed by atoms with Crippen molar-refractivity contribution in [3.8, 4) is 0 Å². The summed E-state index contributed by atoms with van der Waals surface area (Å²) in [6, 6.07) is 5.81. The van der Waals surface area contributed by atoms with Crippen molar-refractivity contribution in [2.24, 2.45) is 0 Å². The number of nitrogens with one attached hydrogen (secondary N) is 2. The third-order valence-corrected chi connectivity index (χ3v) is 6.31. The number of piperidine rings is 1. The number of rotatable bonds is 2. The lowest BCUT2D eigenvalue weighted by atomic mass is 9.79. The van der Waals surface area contributed by atoms with Crippen molar-refractivity contribution < 1.29 is 9.59 Å². The van der Waals surface area contributed by atoms with Gasteiger partial charge in [0, 0.05) is 42.0 Å². The number of fused-ring (bicyclic) bond motifs is 2. The number of benzene rings is 1. The molecule has 0 radical (unpaired) electrons. The van der Waals surface area contributed by atoms with E-state index in [9.17, 15) is 9.59 Å². The summed E-state index contributed by atoms with van der Waals surface area (Å²) in [5, 5.41) is 7.65. The number of hydrogen-bond donors (Lipinski definition) is 2. The van der Waals surface area contributed by atoms with Crippen LogP contribution in [0.15, 0.2) is 24.4 Å². The molecule has 3 aromatic rings. The molecule has 0 bridgehead atoms. The lowest BCUT2D eigenvalue weighted by Gasteiger charge is -2.44. The van der Waals surface area contributed by atoms with Crippen molar-refractivity contribution in [2.45, 2.75) is 51.6 Å². The van der Waals surface area contributed by atoms with E-state index in [0.717, 1.165) is 41.7 Å². The molecule has 1 saturated heterocycles. The minimum absolute atomic E-state index is 0.0226. The van der Waals surface area contributed by atoms with E-state index in [0.29, 0.717) is 24.3 Å². The summed E-state index contributed by atoms with van der Waals surface area (Å²) in [5.74, 6) is 0.757. The zero-order valence-electron chi connectivity index (χ0n) is 17.5. The van der Waals surface area contributed by atoms with Crippen molar-refractivity contribution in [3.63, 3.8) is 0 Å². The molecule has 8 nitrogen and oxygen atoms in total. The fourth-order valence-electron chi connectivity index (χ4n) is 4.62. The van der Waals surface area contributed by atoms with Gasteiger partial charge in [-0.05, 0) is 58.2 Å². The number of hydrogen-bond acceptors (Lipinski definition) is 4. The number of aromatic nitrogens is 4. The Balaban J connectivity index is 1.31. The van der Waals surface area contributed by atoms with Crippen molar-refractivity contribution in [2.75, 3.05) is 13.1 Å². The van der Waals surface area contributed by atoms with E-state index < -0.39 is 0 Å². The van der Waals surface area contributed by atoms with Gasteiger partial charge in [-0.2, -0.15) is 5.10 Å². The number of carbonyl (C=O) groups is 2. The molecule has 1 fully saturated rings. The molecule has 30 heavy (non-hydrogen) atoms. The van der Waals surface area contributed by atoms with Gasteiger partial charge >= 0.3 is 0 Å². The third-order valence-electron chi connectivity index (χ3n) is 6.31. The molecule has 5 rings (SSSR count). The highest BCUT2D eigenvalue weighted by atomic mass is 16.2. The number of carbonyl (C=O) groups excluding carboxylic acids is 2. The molecule has 2 aliphatic heterocycles. The number of aryl methyl sites for hydroxylation is 1. The number of H-pyrrole nitrogens is 1. The molecular formula is C22H26N6O2. The Morgan fingerprint density at radius 2 is 2.00 bits per heavy atom. The second-order valence-corrected chi connectivity index (χ2v) is 8.83. The van der Waals surface area contributed by atoms with Crippen LogP contribution < -0.4 is 5.32 Å². The van der Waals surface area contributed by atoms with Gasteiger partial charge in [0.15, 0.2) is 5.69 Å². The third kappa shape index (κ3) is 3.07. The second kappa shape index (κ2) is 6.68. The van der Waals surface area contributed by atoms with Crippen LogP contribution in [0.3, 0.4) is 0 Å². The number of likely N-dealkylation sites (tertiary alicyclic amines) is 1. The summed E-state index contributed by atoms with van der Waals surface area (Å²) in [5.41, 5.74) is 3.65. The van der Waals surface area contributed by atoms with Crippen LogP contribution in [-0.2, 0) is 6.42 Å². The standard InChI is InChI=1S/C22H26N6O2/c1-13(2)28-12-16-11-22(25-20(29)19(16)26-28)6-8-27(9-7-22)21(30)15-4-5-17-18(10-15)24-14(3)23-17/h4-5,10,12-13H,6-9,11H2,1-3H3,(H,23,24)(H,25,29). The zero-order chi connectivity index (χ0) is 21.0. The highest BCUT2D eigenvalue weighted by Gasteiger charge is 2.42. The maximum atomic E-state index is 13.1. The first-order chi connectivity index (χ1) is 14.3. The van der Waals surface area contributed by atoms with E-state index in [2.05, 4.69) is 34.2 Å². The smallest absolute Gasteiger partial charge is 0.272 e. The fourth-order valence-corrected chi connectivity index (χ4v) is 4.62. The van der Waals surface area contributed by atoms with Crippen LogP contribution in [-0.4, -0.2) is 55.1 Å². The molecule has 0 aliphatic carbocycles. The Hall–Kier alpha value is -3.16. The summed E-state index contributed by atoms with van der Waals surface area (Å²) >= 11 is 0. The average molecular weight is 406 g/mol. The first kappa shape index (κ1) is 18.8. The van der Waals surface area contributed by atoms with E-state index in [4.69, 9.17) is 0 Å². The van der Waals surface area contributed by atoms with Crippen LogP contribution in [0.5, 0.6) is 0 Å². The molecule has 0 atom stereocenters. The first-order valence-corrected chi connectivity index (χ1v) is 10.5. The van der Waals surface area contributed by atoms with Crippen LogP contribution in [0, 0.1) is 6.92 Å². The monoisotopic (exact) mass is 406 g/mol. The topological polar surface area (TPSA) is 95.9 Å². The van der Waals surface area contributed by atoms with Crippen molar-refractivity contribution in [1.29, 1.82) is 0 Å². The summed E-state index contributed by atoms with van der Waals surface area (Å²) < 4.78 is 1.86. The molecule has 0 unspecified atom stereocenters. The normalized spacial score (nSPS) is 18.1. The Bertz CT molecular complexity index is 1150. The van der Waals surface area contributed by atoms with E-state index in [1.165, 1.54) is 0 Å². The van der Waals surface area contributed by atoms with Gasteiger partial charge in [-0.25, -0.2) is 4.98 Å². The van der Waals surface area contributed by atoms with Gasteiger partial charge in [0.25, 0.3) is 11.8 Å². The Morgan fingerprint density at radius 3 is 2.73 bits per heavy atom. The largest absolute Gasteiger partial charge is 0.345 e. The van der Waals surface area contributed by atoms with Gasteiger partial charge in [-0.3, -0.25) is 14.3 Å². The van der Waals surface area contributed by atoms with Gasteiger partial charge in [-0.15, -0.1) is 0 Å². The van der Waals surface area contributed by atoms with Crippen LogP contribution in [0.4, 0.5) is 0 Å². The van der Waals surface area contributed by atoms with Crippen molar-refractivity contribution >= 4 is 22.8 Å². The van der Waals surface area contributed by atoms with Gasteiger partial charge in [0.2, 0.25) is 0 Å². The fraction of sp³-hybridized carbons (Fsp3) is 0.455. The lowest BCUT2D eigenvalue weighted by molar-refractivity contribution is 0.0605. The van der Waals surface area contributed by atoms with Gasteiger partial charge < -0.3 is 15.2 Å². The first-order valence-electron chi connectivity index (χ1n) is 10.5. The molecule has 2 amide bonds. The Labute approximate surface area is 174 Å². The SMILES string of the molecule is Cc1nc2ccc(C(=O)N3CCC4(CC3)Cc3cn(C(C)C)nc3C(=O)N4)cc2[nH]1. The van der Waals surface area contributed by atoms with E-state index in [1.54, 1.807) is 0 Å². The summed E-state index contributed by atoms with van der Waals surface area (Å²) in [4.78, 5) is 35.2. The summed E-state index contributed by atoms with van der Waals surface area (Å²) in [6.45, 7) is 7.25. The Morgan fingerprint density at radius 1 is 1.23 bits per heavy atom. The van der Waals surface area contributed by atoms with Gasteiger partial charge in [0.1, 0.15) is 5.82 Å². The highest BCUT2D eigenvalue weighted by Crippen LogP contribution is 2.32. The molecule has 8 heteroatoms. The highest BCUT2D eigenvalue weighted by molar-refractivity contribution is 5.98. The molecule has 2 aromatic heterocycles. The molecule has 2 aliphatic rings. The predicted molar refractivity (Wildman–Crippen MR) is 112 cm³/mol. The molecule has 2 N–H and O–H groups in total. The van der Waals surface area contributed by atoms with Crippen molar-refractivity contribution in [3.05, 3.63) is 47.0 Å². The Kier molecular flexibility index (Phi) is 4.20. The number of imidazole rings is 1. The minimum Gasteiger partial charge on any atom is -0.345 e. The number of amides is 2. The minimum atomic E-state index is -0.295. The van der Waals surface area contributed by atoms with Crippen LogP contribution in [0.25, 0.3) is 11.0 Å². The van der Waals surface area contributed by atoms with E-state index in [1.807, 2.05) is 40.9 Å². The summed E-state index contributed by atoms with van der Waals surface area (Å²) in [7, 11) is 0. The average Bonchev–Trinajstić information content (AvgIpc) is 3.30. The van der Waals surface area contributed by atoms with Crippen LogP contribution in [0.1, 0.15) is 65.0 Å². The van der Waals surface area contributed by atoms with E-state index in [-0.39, 0.29) is 23.4 Å². The van der Waals surface area contributed by atoms with Crippen LogP contribution in [0.2, 0.25) is 0 Å². The van der Waals surface area contributed by atoms with Crippen LogP contribution >= 0.6 is 0 Å². The van der Waals surface area contributed by atoms with E-state index >= 15 is 0 Å². The lowest BCUT2D eigenvalue weighted by Crippen LogP contribution is -2.59.